The Kier molecular flexibility index (Phi) is 5.56. The van der Waals surface area contributed by atoms with Crippen LogP contribution in [0.3, 0.4) is 0 Å². The topological polar surface area (TPSA) is 34.1 Å². The summed E-state index contributed by atoms with van der Waals surface area (Å²) in [5.74, 6) is 0.663. The van der Waals surface area contributed by atoms with Gasteiger partial charge >= 0.3 is 0 Å². The van der Waals surface area contributed by atoms with Gasteiger partial charge in [-0.25, -0.2) is 4.98 Å². The summed E-state index contributed by atoms with van der Waals surface area (Å²) in [6, 6.07) is 14.4. The summed E-state index contributed by atoms with van der Waals surface area (Å²) in [5.41, 5.74) is 2.12. The molecule has 0 aliphatic heterocycles. The predicted molar refractivity (Wildman–Crippen MR) is 84.7 cm³/mol. The lowest BCUT2D eigenvalue weighted by Gasteiger charge is -2.09. The quantitative estimate of drug-likeness (QED) is 0.869. The van der Waals surface area contributed by atoms with Crippen molar-refractivity contribution in [3.8, 4) is 5.88 Å². The van der Waals surface area contributed by atoms with Crippen LogP contribution in [-0.2, 0) is 13.2 Å². The summed E-state index contributed by atoms with van der Waals surface area (Å²) in [6.45, 7) is 5.52. The van der Waals surface area contributed by atoms with Crippen molar-refractivity contribution >= 4 is 15.9 Å². The average molecular weight is 335 g/mol. The summed E-state index contributed by atoms with van der Waals surface area (Å²) in [4.78, 5) is 4.48. The monoisotopic (exact) mass is 334 g/mol. The smallest absolute Gasteiger partial charge is 0.213 e. The number of ether oxygens (including phenoxy) is 1. The molecule has 0 aliphatic rings. The molecule has 2 rings (SSSR count). The highest BCUT2D eigenvalue weighted by atomic mass is 79.9. The second-order valence-corrected chi connectivity index (χ2v) is 5.83. The third-order valence-electron chi connectivity index (χ3n) is 2.77. The number of halogens is 1. The Morgan fingerprint density at radius 1 is 1.15 bits per heavy atom. The fraction of sp³-hybridized carbons (Fsp3) is 0.312. The molecule has 0 aliphatic carbocycles. The molecule has 1 aromatic carbocycles. The van der Waals surface area contributed by atoms with Crippen LogP contribution in [0, 0.1) is 0 Å². The van der Waals surface area contributed by atoms with Gasteiger partial charge in [-0.1, -0.05) is 48.0 Å². The molecule has 4 heteroatoms. The number of nitrogens with one attached hydrogen (secondary N) is 1. The summed E-state index contributed by atoms with van der Waals surface area (Å²) >= 11 is 3.42. The van der Waals surface area contributed by atoms with Gasteiger partial charge in [-0.2, -0.15) is 0 Å². The third kappa shape index (κ3) is 4.94. The first-order valence-corrected chi connectivity index (χ1v) is 7.49. The van der Waals surface area contributed by atoms with E-state index >= 15 is 0 Å². The Balaban J connectivity index is 1.92. The van der Waals surface area contributed by atoms with Gasteiger partial charge in [0, 0.05) is 23.1 Å². The number of pyridine rings is 1. The maximum atomic E-state index is 5.73. The van der Waals surface area contributed by atoms with Crippen LogP contribution in [0.25, 0.3) is 0 Å². The van der Waals surface area contributed by atoms with Crippen LogP contribution in [0.2, 0.25) is 0 Å². The van der Waals surface area contributed by atoms with Crippen LogP contribution >= 0.6 is 15.9 Å². The van der Waals surface area contributed by atoms with Gasteiger partial charge in [0.25, 0.3) is 0 Å². The van der Waals surface area contributed by atoms with Gasteiger partial charge in [0.1, 0.15) is 6.61 Å². The molecule has 0 fully saturated rings. The van der Waals surface area contributed by atoms with Gasteiger partial charge in [0.2, 0.25) is 5.88 Å². The van der Waals surface area contributed by atoms with Gasteiger partial charge in [-0.15, -0.1) is 0 Å². The van der Waals surface area contributed by atoms with E-state index in [2.05, 4.69) is 40.1 Å². The van der Waals surface area contributed by atoms with Gasteiger partial charge in [-0.3, -0.25) is 0 Å². The molecule has 0 unspecified atom stereocenters. The number of rotatable bonds is 6. The van der Waals surface area contributed by atoms with E-state index in [0.29, 0.717) is 18.5 Å². The van der Waals surface area contributed by atoms with E-state index in [1.807, 2.05) is 42.5 Å². The van der Waals surface area contributed by atoms with E-state index in [9.17, 15) is 0 Å². The van der Waals surface area contributed by atoms with Crippen LogP contribution in [0.4, 0.5) is 0 Å². The maximum absolute atomic E-state index is 5.73. The van der Waals surface area contributed by atoms with E-state index in [-0.39, 0.29) is 0 Å². The molecule has 0 atom stereocenters. The average Bonchev–Trinajstić information content (AvgIpc) is 2.45. The van der Waals surface area contributed by atoms with Gasteiger partial charge in [0.05, 0.1) is 5.69 Å². The molecule has 0 spiro atoms. The van der Waals surface area contributed by atoms with E-state index in [4.69, 9.17) is 4.74 Å². The minimum absolute atomic E-state index is 0.448. The Hall–Kier alpha value is -1.39. The zero-order valence-electron chi connectivity index (χ0n) is 11.8. The highest BCUT2D eigenvalue weighted by Gasteiger charge is 2.01. The van der Waals surface area contributed by atoms with E-state index in [0.717, 1.165) is 22.3 Å². The third-order valence-corrected chi connectivity index (χ3v) is 3.30. The molecule has 0 radical (unpaired) electrons. The molecular weight excluding hydrogens is 316 g/mol. The van der Waals surface area contributed by atoms with Crippen LogP contribution in [0.5, 0.6) is 5.88 Å². The number of hydrogen-bond donors (Lipinski definition) is 1. The lowest BCUT2D eigenvalue weighted by molar-refractivity contribution is 0.292. The number of nitrogens with zero attached hydrogens (tertiary/aromatic N) is 1. The molecule has 0 bridgehead atoms. The standard InChI is InChI=1S/C16H19BrN2O/c1-12(2)18-10-15-4-3-5-16(19-15)20-11-13-6-8-14(17)9-7-13/h3-9,12,18H,10-11H2,1-2H3. The molecule has 106 valence electrons. The highest BCUT2D eigenvalue weighted by molar-refractivity contribution is 9.10. The lowest BCUT2D eigenvalue weighted by Crippen LogP contribution is -2.22. The van der Waals surface area contributed by atoms with Crippen molar-refractivity contribution in [2.24, 2.45) is 0 Å². The van der Waals surface area contributed by atoms with Crippen molar-refractivity contribution in [2.75, 3.05) is 0 Å². The zero-order valence-corrected chi connectivity index (χ0v) is 13.4. The molecule has 0 amide bonds. The molecule has 1 N–H and O–H groups in total. The Labute approximate surface area is 128 Å². The van der Waals surface area contributed by atoms with Crippen LogP contribution in [0.15, 0.2) is 46.9 Å². The molecule has 20 heavy (non-hydrogen) atoms. The van der Waals surface area contributed by atoms with Gasteiger partial charge in [-0.05, 0) is 23.8 Å². The fourth-order valence-electron chi connectivity index (χ4n) is 1.68. The Morgan fingerprint density at radius 2 is 1.90 bits per heavy atom. The van der Waals surface area contributed by atoms with Crippen molar-refractivity contribution in [2.45, 2.75) is 33.0 Å². The summed E-state index contributed by atoms with van der Waals surface area (Å²) in [6.07, 6.45) is 0. The second-order valence-electron chi connectivity index (χ2n) is 4.92. The molecule has 0 saturated heterocycles. The van der Waals surface area contributed by atoms with Crippen molar-refractivity contribution < 1.29 is 4.74 Å². The zero-order chi connectivity index (χ0) is 14.4. The van der Waals surface area contributed by atoms with E-state index < -0.39 is 0 Å². The van der Waals surface area contributed by atoms with Crippen molar-refractivity contribution in [1.29, 1.82) is 0 Å². The SMILES string of the molecule is CC(C)NCc1cccc(OCc2ccc(Br)cc2)n1. The first-order chi connectivity index (χ1) is 9.63. The van der Waals surface area contributed by atoms with Gasteiger partial charge in [0.15, 0.2) is 0 Å². The van der Waals surface area contributed by atoms with Crippen LogP contribution < -0.4 is 10.1 Å². The molecule has 1 aromatic heterocycles. The Bertz CT molecular complexity index is 540. The van der Waals surface area contributed by atoms with Crippen LogP contribution in [0.1, 0.15) is 25.1 Å². The van der Waals surface area contributed by atoms with Crippen molar-refractivity contribution in [3.05, 3.63) is 58.2 Å². The Morgan fingerprint density at radius 3 is 2.60 bits per heavy atom. The minimum Gasteiger partial charge on any atom is -0.473 e. The second kappa shape index (κ2) is 7.41. The highest BCUT2D eigenvalue weighted by Crippen LogP contribution is 2.13. The molecule has 1 heterocycles. The predicted octanol–water partition coefficient (Wildman–Crippen LogP) is 3.92. The molecule has 3 nitrogen and oxygen atoms in total. The number of benzene rings is 1. The van der Waals surface area contributed by atoms with Gasteiger partial charge < -0.3 is 10.1 Å². The first-order valence-electron chi connectivity index (χ1n) is 6.70. The van der Waals surface area contributed by atoms with Crippen molar-refractivity contribution in [1.82, 2.24) is 10.3 Å². The molecule has 0 saturated carbocycles. The van der Waals surface area contributed by atoms with E-state index in [1.165, 1.54) is 0 Å². The summed E-state index contributed by atoms with van der Waals surface area (Å²) < 4.78 is 6.80. The minimum atomic E-state index is 0.448. The number of aromatic nitrogens is 1. The normalized spacial score (nSPS) is 10.8. The lowest BCUT2D eigenvalue weighted by atomic mass is 10.2. The number of hydrogen-bond acceptors (Lipinski definition) is 3. The molecule has 2 aromatic rings. The van der Waals surface area contributed by atoms with Crippen LogP contribution in [-0.4, -0.2) is 11.0 Å². The summed E-state index contributed by atoms with van der Waals surface area (Å²) in [5, 5.41) is 3.35. The maximum Gasteiger partial charge on any atom is 0.213 e. The summed E-state index contributed by atoms with van der Waals surface area (Å²) in [7, 11) is 0. The largest absolute Gasteiger partial charge is 0.473 e. The molecular formula is C16H19BrN2O. The fourth-order valence-corrected chi connectivity index (χ4v) is 1.95. The first kappa shape index (κ1) is 15.0. The van der Waals surface area contributed by atoms with Crippen molar-refractivity contribution in [3.63, 3.8) is 0 Å². The van der Waals surface area contributed by atoms with E-state index in [1.54, 1.807) is 0 Å².